The highest BCUT2D eigenvalue weighted by Gasteiger charge is 2.60. The van der Waals surface area contributed by atoms with Crippen molar-refractivity contribution in [2.75, 3.05) is 5.32 Å². The molecule has 0 saturated carbocycles. The van der Waals surface area contributed by atoms with E-state index in [1.165, 1.54) is 0 Å². The van der Waals surface area contributed by atoms with Crippen molar-refractivity contribution >= 4 is 33.3 Å². The van der Waals surface area contributed by atoms with Gasteiger partial charge in [-0.1, -0.05) is 46.3 Å². The average molecular weight is 462 g/mol. The van der Waals surface area contributed by atoms with Crippen LogP contribution in [0.1, 0.15) is 29.9 Å². The van der Waals surface area contributed by atoms with E-state index in [1.807, 2.05) is 36.4 Å². The Morgan fingerprint density at radius 2 is 1.93 bits per heavy atom. The second-order valence-corrected chi connectivity index (χ2v) is 8.50. The molecule has 0 aromatic heterocycles. The van der Waals surface area contributed by atoms with Crippen LogP contribution in [0.2, 0.25) is 0 Å². The van der Waals surface area contributed by atoms with E-state index in [0.29, 0.717) is 23.4 Å². The number of hydrogen-bond donors (Lipinski definition) is 2. The number of ether oxygens (including phenoxy) is 1. The lowest BCUT2D eigenvalue weighted by Crippen LogP contribution is -2.47. The minimum absolute atomic E-state index is 0.0536. The van der Waals surface area contributed by atoms with Crippen LogP contribution >= 0.6 is 15.9 Å². The molecule has 0 unspecified atom stereocenters. The van der Waals surface area contributed by atoms with Crippen molar-refractivity contribution in [3.63, 3.8) is 0 Å². The Morgan fingerprint density at radius 3 is 2.67 bits per heavy atom. The summed E-state index contributed by atoms with van der Waals surface area (Å²) in [4.78, 5) is 26.9. The monoisotopic (exact) mass is 461 g/mol. The molecule has 0 radical (unpaired) electrons. The van der Waals surface area contributed by atoms with Crippen LogP contribution < -0.4 is 11.1 Å². The first-order valence-corrected chi connectivity index (χ1v) is 10.3. The number of rotatable bonds is 1. The van der Waals surface area contributed by atoms with Gasteiger partial charge in [0.2, 0.25) is 11.8 Å². The number of Topliss-reactive ketones (excluding diaryl/α,β-unsaturated/α-hetero) is 1. The van der Waals surface area contributed by atoms with Gasteiger partial charge in [0.1, 0.15) is 22.8 Å². The Bertz CT molecular complexity index is 1230. The van der Waals surface area contributed by atoms with Crippen LogP contribution in [-0.4, -0.2) is 11.7 Å². The first kappa shape index (κ1) is 18.6. The van der Waals surface area contributed by atoms with Gasteiger partial charge in [-0.15, -0.1) is 0 Å². The maximum absolute atomic E-state index is 13.5. The molecule has 1 aliphatic carbocycles. The molecule has 5 rings (SSSR count). The number of ketones is 1. The van der Waals surface area contributed by atoms with E-state index in [9.17, 15) is 14.9 Å². The molecule has 2 aromatic rings. The van der Waals surface area contributed by atoms with Gasteiger partial charge in [0.25, 0.3) is 0 Å². The Kier molecular flexibility index (Phi) is 4.09. The van der Waals surface area contributed by atoms with Crippen LogP contribution in [0.15, 0.2) is 75.8 Å². The summed E-state index contributed by atoms with van der Waals surface area (Å²) in [6.45, 7) is 0. The minimum Gasteiger partial charge on any atom is -0.444 e. The van der Waals surface area contributed by atoms with Crippen LogP contribution in [0.5, 0.6) is 0 Å². The molecule has 2 heterocycles. The molecule has 148 valence electrons. The Hall–Kier alpha value is -3.37. The van der Waals surface area contributed by atoms with E-state index in [-0.39, 0.29) is 35.2 Å². The lowest BCUT2D eigenvalue weighted by molar-refractivity contribution is -0.123. The summed E-state index contributed by atoms with van der Waals surface area (Å²) in [7, 11) is 0. The second kappa shape index (κ2) is 6.57. The number of carbonyl (C=O) groups is 2. The third-order valence-electron chi connectivity index (χ3n) is 6.01. The number of allylic oxidation sites excluding steroid dienone is 1. The number of hydrogen-bond acceptors (Lipinski definition) is 5. The fourth-order valence-corrected chi connectivity index (χ4v) is 5.12. The summed E-state index contributed by atoms with van der Waals surface area (Å²) in [5, 5.41) is 12.7. The number of nitrogens with one attached hydrogen (secondary N) is 1. The number of halogens is 1. The van der Waals surface area contributed by atoms with Crippen LogP contribution in [0.4, 0.5) is 5.69 Å². The van der Waals surface area contributed by atoms with Crippen LogP contribution in [0.25, 0.3) is 0 Å². The van der Waals surface area contributed by atoms with E-state index in [1.54, 1.807) is 18.2 Å². The zero-order valence-electron chi connectivity index (χ0n) is 15.7. The van der Waals surface area contributed by atoms with Gasteiger partial charge in [0, 0.05) is 28.6 Å². The summed E-state index contributed by atoms with van der Waals surface area (Å²) in [6, 6.07) is 17.0. The number of benzene rings is 2. The Labute approximate surface area is 181 Å². The Balaban J connectivity index is 1.75. The number of amides is 1. The van der Waals surface area contributed by atoms with Gasteiger partial charge >= 0.3 is 0 Å². The van der Waals surface area contributed by atoms with E-state index >= 15 is 0 Å². The van der Waals surface area contributed by atoms with E-state index in [2.05, 4.69) is 21.2 Å². The maximum atomic E-state index is 13.5. The molecule has 30 heavy (non-hydrogen) atoms. The minimum atomic E-state index is -1.59. The molecule has 3 aliphatic rings. The van der Waals surface area contributed by atoms with Crippen molar-refractivity contribution in [1.82, 2.24) is 0 Å². The summed E-state index contributed by atoms with van der Waals surface area (Å²) < 4.78 is 6.53. The molecule has 2 aromatic carbocycles. The third-order valence-corrected chi connectivity index (χ3v) is 6.50. The van der Waals surface area contributed by atoms with Crippen molar-refractivity contribution in [1.29, 1.82) is 5.26 Å². The number of nitrogens with two attached hydrogens (primary N) is 1. The van der Waals surface area contributed by atoms with Crippen LogP contribution in [0.3, 0.4) is 0 Å². The SMILES string of the molecule is N#CC1=C(N)OC2=C(C(=O)C[C@@H](c3ccccc3)C2)[C@]12C(=O)Nc1ccc(Br)cc12. The fourth-order valence-electron chi connectivity index (χ4n) is 4.75. The fraction of sp³-hybridized carbons (Fsp3) is 0.174. The quantitative estimate of drug-likeness (QED) is 0.672. The second-order valence-electron chi connectivity index (χ2n) is 7.58. The number of carbonyl (C=O) groups excluding carboxylic acids is 2. The highest BCUT2D eigenvalue weighted by atomic mass is 79.9. The number of anilines is 1. The predicted molar refractivity (Wildman–Crippen MR) is 113 cm³/mol. The lowest BCUT2D eigenvalue weighted by atomic mass is 9.63. The summed E-state index contributed by atoms with van der Waals surface area (Å²) >= 11 is 3.43. The van der Waals surface area contributed by atoms with E-state index in [4.69, 9.17) is 10.5 Å². The summed E-state index contributed by atoms with van der Waals surface area (Å²) in [6.07, 6.45) is 0.645. The smallest absolute Gasteiger partial charge is 0.245 e. The van der Waals surface area contributed by atoms with Crippen LogP contribution in [-0.2, 0) is 19.7 Å². The Morgan fingerprint density at radius 1 is 1.17 bits per heavy atom. The maximum Gasteiger partial charge on any atom is 0.245 e. The van der Waals surface area contributed by atoms with Crippen molar-refractivity contribution in [2.24, 2.45) is 5.73 Å². The largest absolute Gasteiger partial charge is 0.444 e. The van der Waals surface area contributed by atoms with Gasteiger partial charge in [0.05, 0.1) is 5.57 Å². The highest BCUT2D eigenvalue weighted by molar-refractivity contribution is 9.10. The van der Waals surface area contributed by atoms with Gasteiger partial charge in [-0.05, 0) is 29.7 Å². The molecular weight excluding hydrogens is 446 g/mol. The van der Waals surface area contributed by atoms with E-state index < -0.39 is 11.3 Å². The standard InChI is InChI=1S/C23H16BrN3O3/c24-14-6-7-17-15(10-14)23(22(29)27-17)16(11-25)21(26)30-19-9-13(8-18(28)20(19)23)12-4-2-1-3-5-12/h1-7,10,13H,8-9,26H2,(H,27,29)/t13-,23-/m1/s1. The molecule has 7 heteroatoms. The molecule has 6 nitrogen and oxygen atoms in total. The van der Waals surface area contributed by atoms with Crippen molar-refractivity contribution in [3.05, 3.63) is 86.9 Å². The summed E-state index contributed by atoms with van der Waals surface area (Å²) in [5.74, 6) is -0.538. The first-order valence-electron chi connectivity index (χ1n) is 9.48. The van der Waals surface area contributed by atoms with Gasteiger partial charge in [-0.25, -0.2) is 0 Å². The molecular formula is C23H16BrN3O3. The molecule has 0 saturated heterocycles. The molecule has 3 N–H and O–H groups in total. The number of nitrogens with zero attached hydrogens (tertiary/aromatic N) is 1. The van der Waals surface area contributed by atoms with Crippen molar-refractivity contribution < 1.29 is 14.3 Å². The molecule has 2 atom stereocenters. The average Bonchev–Trinajstić information content (AvgIpc) is 3.00. The normalized spacial score (nSPS) is 24.9. The molecule has 1 spiro atoms. The van der Waals surface area contributed by atoms with Gasteiger partial charge < -0.3 is 15.8 Å². The zero-order valence-corrected chi connectivity index (χ0v) is 17.3. The first-order chi connectivity index (χ1) is 14.5. The van der Waals surface area contributed by atoms with Crippen molar-refractivity contribution in [2.45, 2.75) is 24.2 Å². The van der Waals surface area contributed by atoms with Gasteiger partial charge in [-0.2, -0.15) is 5.26 Å². The predicted octanol–water partition coefficient (Wildman–Crippen LogP) is 3.76. The molecule has 2 aliphatic heterocycles. The van der Waals surface area contributed by atoms with Crippen LogP contribution in [0, 0.1) is 11.3 Å². The zero-order chi connectivity index (χ0) is 21.0. The molecule has 1 amide bonds. The van der Waals surface area contributed by atoms with Gasteiger partial charge in [0.15, 0.2) is 5.78 Å². The van der Waals surface area contributed by atoms with E-state index in [0.717, 1.165) is 10.0 Å². The highest BCUT2D eigenvalue weighted by Crippen LogP contribution is 2.55. The molecule has 0 bridgehead atoms. The topological polar surface area (TPSA) is 105 Å². The lowest BCUT2D eigenvalue weighted by Gasteiger charge is -2.39. The van der Waals surface area contributed by atoms with Gasteiger partial charge in [-0.3, -0.25) is 9.59 Å². The van der Waals surface area contributed by atoms with Crippen molar-refractivity contribution in [3.8, 4) is 6.07 Å². The number of fused-ring (bicyclic) bond motifs is 3. The number of nitriles is 1. The third kappa shape index (κ3) is 2.40. The summed E-state index contributed by atoms with van der Waals surface area (Å²) in [5.41, 5.74) is 6.81. The molecule has 0 fully saturated rings.